The molecule has 6 aromatic carbocycles. The minimum atomic E-state index is -0.823. The van der Waals surface area contributed by atoms with Crippen LogP contribution in [0.4, 0.5) is 13.2 Å². The molecular weight excluding hydrogens is 948 g/mol. The summed E-state index contributed by atoms with van der Waals surface area (Å²) in [6.07, 6.45) is 3.30. The maximum Gasteiger partial charge on any atom is 0.127 e. The van der Waals surface area contributed by atoms with Crippen LogP contribution < -0.4 is 0 Å². The first-order chi connectivity index (χ1) is 36.5. The maximum atomic E-state index is 13.3. The summed E-state index contributed by atoms with van der Waals surface area (Å²) >= 11 is 0. The normalized spacial score (nSPS) is 12.6. The second-order valence-corrected chi connectivity index (χ2v) is 23.1. The highest BCUT2D eigenvalue weighted by atomic mass is 19.1. The first-order valence-electron chi connectivity index (χ1n) is 28.7. The van der Waals surface area contributed by atoms with Gasteiger partial charge in [0, 0.05) is 11.9 Å². The van der Waals surface area contributed by atoms with E-state index in [-0.39, 0.29) is 17.6 Å². The Labute approximate surface area is 469 Å². The second kappa shape index (κ2) is 39.6. The predicted octanol–water partition coefficient (Wildman–Crippen LogP) is 22.6. The molecule has 0 radical (unpaired) electrons. The van der Waals surface area contributed by atoms with Gasteiger partial charge in [0.1, 0.15) is 17.8 Å². The van der Waals surface area contributed by atoms with E-state index in [9.17, 15) is 13.2 Å². The Morgan fingerprint density at radius 2 is 0.623 bits per heavy atom. The Morgan fingerprint density at radius 1 is 0.312 bits per heavy atom. The number of nitrogens with zero attached hydrogens (tertiary/aromatic N) is 1. The lowest BCUT2D eigenvalue weighted by Crippen LogP contribution is -2.03. The SMILES string of the molecule is CC(C)C(F)c1ccccc1.CC(C)Cc1ccccc1.CC(C)Cc1ccccn1.CC(C)[C@@H](C)c1ccccc1.CC(C)[C@@H](C)c1ccccc1F.CC(C)[C@H](C)c1ccccc1.CC(C)[C@H](C)c1ccccc1F. The second-order valence-electron chi connectivity index (χ2n) is 23.1. The van der Waals surface area contributed by atoms with E-state index >= 15 is 0 Å². The van der Waals surface area contributed by atoms with E-state index in [2.05, 4.69) is 213 Å². The molecule has 77 heavy (non-hydrogen) atoms. The average Bonchev–Trinajstić information content (AvgIpc) is 3.42. The maximum absolute atomic E-state index is 13.3. The van der Waals surface area contributed by atoms with Crippen LogP contribution in [0.25, 0.3) is 0 Å². The zero-order chi connectivity index (χ0) is 57.9. The lowest BCUT2D eigenvalue weighted by atomic mass is 9.90. The molecule has 0 aliphatic carbocycles. The summed E-state index contributed by atoms with van der Waals surface area (Å²) in [5.41, 5.74) is 7.96. The fraction of sp³-hybridized carbons (Fsp3) is 0.438. The van der Waals surface area contributed by atoms with Crippen molar-refractivity contribution in [1.29, 1.82) is 0 Å². The van der Waals surface area contributed by atoms with Crippen molar-refractivity contribution in [2.75, 3.05) is 0 Å². The molecule has 1 nitrogen and oxygen atoms in total. The summed E-state index contributed by atoms with van der Waals surface area (Å²) in [5.74, 6) is 5.76. The van der Waals surface area contributed by atoms with E-state index in [1.54, 1.807) is 12.1 Å². The van der Waals surface area contributed by atoms with Gasteiger partial charge in [0.15, 0.2) is 0 Å². The number of hydrogen-bond donors (Lipinski definition) is 0. The van der Waals surface area contributed by atoms with Crippen LogP contribution >= 0.6 is 0 Å². The van der Waals surface area contributed by atoms with Gasteiger partial charge in [0.25, 0.3) is 0 Å². The van der Waals surface area contributed by atoms with E-state index in [1.165, 1.54) is 40.9 Å². The number of rotatable bonds is 14. The predicted molar refractivity (Wildman–Crippen MR) is 332 cm³/mol. The Bertz CT molecular complexity index is 2230. The van der Waals surface area contributed by atoms with Crippen LogP contribution in [0.5, 0.6) is 0 Å². The molecule has 0 saturated carbocycles. The highest BCUT2D eigenvalue weighted by Gasteiger charge is 2.15. The summed E-state index contributed by atoms with van der Waals surface area (Å²) < 4.78 is 39.7. The van der Waals surface area contributed by atoms with Gasteiger partial charge in [0.2, 0.25) is 0 Å². The van der Waals surface area contributed by atoms with Crippen LogP contribution in [0.2, 0.25) is 0 Å². The standard InChI is InChI=1S/2C11H15F.2C11H16.C10H13F.C10H14.C9H13N/c2*1-8(2)9(3)10-6-4-5-7-11(10)12;2*1-9(2)10(3)11-7-5-4-6-8-11;1-8(2)10(11)9-6-4-3-5-7-9;1-9(2)8-10-6-4-3-5-7-10;1-8(2)7-9-5-3-4-6-10-9/h2*4-9H,1-3H3;2*4-10H,1-3H3;3-8,10H,1-2H3;3-7,9H,8H2,1-2H3;3-6,8H,7H2,1-2H3/t2*9-;2*10-;;;/m1010.../s1. The third-order valence-electron chi connectivity index (χ3n) is 14.0. The van der Waals surface area contributed by atoms with Crippen LogP contribution in [0.3, 0.4) is 0 Å². The van der Waals surface area contributed by atoms with Crippen molar-refractivity contribution < 1.29 is 13.2 Å². The molecule has 0 aliphatic rings. The lowest BCUT2D eigenvalue weighted by Gasteiger charge is -2.16. The molecule has 0 amide bonds. The molecule has 420 valence electrons. The van der Waals surface area contributed by atoms with E-state index in [4.69, 9.17) is 0 Å². The molecule has 0 bridgehead atoms. The van der Waals surface area contributed by atoms with Crippen molar-refractivity contribution in [3.05, 3.63) is 245 Å². The van der Waals surface area contributed by atoms with Crippen molar-refractivity contribution in [3.8, 4) is 0 Å². The molecule has 7 aromatic rings. The quantitative estimate of drug-likeness (QED) is 0.106. The lowest BCUT2D eigenvalue weighted by molar-refractivity contribution is 0.262. The molecule has 0 aliphatic heterocycles. The smallest absolute Gasteiger partial charge is 0.127 e. The van der Waals surface area contributed by atoms with Gasteiger partial charge >= 0.3 is 0 Å². The van der Waals surface area contributed by atoms with Crippen LogP contribution in [-0.2, 0) is 12.8 Å². The van der Waals surface area contributed by atoms with Crippen LogP contribution in [-0.4, -0.2) is 4.98 Å². The van der Waals surface area contributed by atoms with Crippen molar-refractivity contribution >= 4 is 0 Å². The number of benzene rings is 6. The van der Waals surface area contributed by atoms with Crippen molar-refractivity contribution in [3.63, 3.8) is 0 Å². The fourth-order valence-corrected chi connectivity index (χ4v) is 7.73. The summed E-state index contributed by atoms with van der Waals surface area (Å²) in [5, 5.41) is 0. The van der Waals surface area contributed by atoms with E-state index in [0.29, 0.717) is 41.4 Å². The molecule has 1 heterocycles. The summed E-state index contributed by atoms with van der Waals surface area (Å²) in [7, 11) is 0. The largest absolute Gasteiger partial charge is 0.261 e. The minimum Gasteiger partial charge on any atom is -0.261 e. The molecule has 7 rings (SSSR count). The van der Waals surface area contributed by atoms with Crippen molar-refractivity contribution in [2.24, 2.45) is 41.4 Å². The van der Waals surface area contributed by atoms with Gasteiger partial charge in [-0.2, -0.15) is 0 Å². The summed E-state index contributed by atoms with van der Waals surface area (Å²) in [4.78, 5) is 4.22. The molecular formula is C73H102F3N. The molecule has 0 N–H and O–H groups in total. The topological polar surface area (TPSA) is 12.9 Å². The summed E-state index contributed by atoms with van der Waals surface area (Å²) in [6.45, 7) is 38.8. The molecule has 0 saturated heterocycles. The van der Waals surface area contributed by atoms with E-state index in [1.807, 2.05) is 86.8 Å². The van der Waals surface area contributed by atoms with Gasteiger partial charge in [-0.05, 0) is 136 Å². The highest BCUT2D eigenvalue weighted by Crippen LogP contribution is 2.28. The number of halogens is 3. The van der Waals surface area contributed by atoms with Gasteiger partial charge in [0.05, 0.1) is 0 Å². The Morgan fingerprint density at radius 3 is 0.922 bits per heavy atom. The zero-order valence-corrected chi connectivity index (χ0v) is 50.9. The zero-order valence-electron chi connectivity index (χ0n) is 50.9. The van der Waals surface area contributed by atoms with E-state index < -0.39 is 6.17 Å². The molecule has 4 heteroatoms. The Kier molecular flexibility index (Phi) is 35.6. The fourth-order valence-electron chi connectivity index (χ4n) is 7.73. The van der Waals surface area contributed by atoms with Gasteiger partial charge in [-0.3, -0.25) is 4.98 Å². The Hall–Kier alpha value is -5.74. The average molecular weight is 1050 g/mol. The molecule has 0 fully saturated rings. The van der Waals surface area contributed by atoms with Gasteiger partial charge < -0.3 is 0 Å². The number of aromatic nitrogens is 1. The Balaban J connectivity index is 0.000000450. The van der Waals surface area contributed by atoms with Crippen LogP contribution in [0, 0.1) is 53.1 Å². The first-order valence-corrected chi connectivity index (χ1v) is 28.7. The minimum absolute atomic E-state index is 0.0670. The summed E-state index contributed by atoms with van der Waals surface area (Å²) in [6, 6.07) is 61.3. The van der Waals surface area contributed by atoms with E-state index in [0.717, 1.165) is 40.9 Å². The van der Waals surface area contributed by atoms with Crippen LogP contribution in [0.1, 0.15) is 194 Å². The highest BCUT2D eigenvalue weighted by molar-refractivity contribution is 5.24. The molecule has 1 unspecified atom stereocenters. The number of hydrogen-bond acceptors (Lipinski definition) is 1. The first kappa shape index (κ1) is 69.3. The van der Waals surface area contributed by atoms with Gasteiger partial charge in [-0.1, -0.05) is 288 Å². The van der Waals surface area contributed by atoms with Crippen molar-refractivity contribution in [2.45, 2.75) is 167 Å². The third kappa shape index (κ3) is 30.1. The molecule has 5 atom stereocenters. The number of pyridine rings is 1. The molecule has 1 aromatic heterocycles. The van der Waals surface area contributed by atoms with Crippen LogP contribution in [0.15, 0.2) is 194 Å². The molecule has 0 spiro atoms. The third-order valence-corrected chi connectivity index (χ3v) is 14.0. The van der Waals surface area contributed by atoms with Gasteiger partial charge in [-0.25, -0.2) is 13.2 Å². The van der Waals surface area contributed by atoms with Gasteiger partial charge in [-0.15, -0.1) is 0 Å². The van der Waals surface area contributed by atoms with Crippen molar-refractivity contribution in [1.82, 2.24) is 4.98 Å². The number of alkyl halides is 1. The monoisotopic (exact) mass is 1050 g/mol.